The van der Waals surface area contributed by atoms with Crippen molar-refractivity contribution < 1.29 is 33.6 Å². The second-order valence-corrected chi connectivity index (χ2v) is 16.5. The van der Waals surface area contributed by atoms with Crippen molar-refractivity contribution in [3.8, 4) is 11.1 Å². The number of carbonyl (C=O) groups is 3. The van der Waals surface area contributed by atoms with Crippen LogP contribution in [0, 0.1) is 5.41 Å². The third-order valence-electron chi connectivity index (χ3n) is 9.60. The van der Waals surface area contributed by atoms with Gasteiger partial charge in [0.1, 0.15) is 23.3 Å². The summed E-state index contributed by atoms with van der Waals surface area (Å²) in [6, 6.07) is 12.5. The third-order valence-corrected chi connectivity index (χ3v) is 9.60. The van der Waals surface area contributed by atoms with Gasteiger partial charge in [0.15, 0.2) is 5.60 Å². The number of hydrogen-bond acceptors (Lipinski definition) is 7. The van der Waals surface area contributed by atoms with Crippen LogP contribution in [-0.2, 0) is 36.6 Å². The second-order valence-electron chi connectivity index (χ2n) is 16.5. The lowest BCUT2D eigenvalue weighted by Crippen LogP contribution is -2.60. The topological polar surface area (TPSA) is 145 Å². The van der Waals surface area contributed by atoms with Crippen molar-refractivity contribution in [3.05, 3.63) is 53.6 Å². The lowest BCUT2D eigenvalue weighted by atomic mass is 9.79. The Balaban J connectivity index is 1.57. The van der Waals surface area contributed by atoms with Crippen LogP contribution in [-0.4, -0.2) is 82.6 Å². The zero-order valence-corrected chi connectivity index (χ0v) is 30.9. The summed E-state index contributed by atoms with van der Waals surface area (Å²) < 4.78 is 17.7. The summed E-state index contributed by atoms with van der Waals surface area (Å²) in [6.45, 7) is 17.4. The van der Waals surface area contributed by atoms with Crippen molar-refractivity contribution in [2.24, 2.45) is 5.41 Å². The molecule has 12 heteroatoms. The number of fused-ring (bicyclic) bond motifs is 6. The number of ether oxygens (including phenoxy) is 2. The van der Waals surface area contributed by atoms with E-state index in [4.69, 9.17) is 19.2 Å². The van der Waals surface area contributed by atoms with E-state index in [0.717, 1.165) is 38.8 Å². The normalized spacial score (nSPS) is 20.6. The maximum atomic E-state index is 14.0. The molecular formula is C38H53BN4O7+. The zero-order chi connectivity index (χ0) is 36.6. The van der Waals surface area contributed by atoms with Crippen LogP contribution in [0.5, 0.6) is 0 Å². The highest BCUT2D eigenvalue weighted by Gasteiger charge is 2.41. The van der Waals surface area contributed by atoms with E-state index < -0.39 is 46.4 Å². The number of aromatic nitrogens is 1. The average molecular weight is 689 g/mol. The van der Waals surface area contributed by atoms with Gasteiger partial charge < -0.3 is 29.5 Å². The van der Waals surface area contributed by atoms with E-state index in [-0.39, 0.29) is 18.9 Å². The fraction of sp³-hybridized carbons (Fsp3) is 0.553. The number of alkyl carbamates (subject to hydrolysis) is 1. The molecule has 3 aromatic rings. The molecule has 1 aromatic heterocycles. The molecule has 0 saturated carbocycles. The standard InChI is InChI=1S/C38H52BN4O7/c1-35(2,3)49-34(46)41-30-19-23-12-10-13-24(18-23)25-15-16-28-26(20-25)27(31(40-28)39-50-38(8,9)37(6,7)47)21-36(4,5)22-48-33(45)29-14-11-17-43(42-29)32(30)44/h10,12-13,15-16,18,20,29-30,40,42,47H,11,14,17,19,21-22H2,1-9H3,(H,41,46)/p+1/t29-,30-/m0/s1. The van der Waals surface area contributed by atoms with Crippen LogP contribution in [0.15, 0.2) is 42.5 Å². The molecule has 269 valence electrons. The molecule has 0 unspecified atom stereocenters. The molecule has 5 N–H and O–H groups in total. The number of amides is 2. The number of esters is 1. The number of cyclic esters (lactones) is 1. The van der Waals surface area contributed by atoms with E-state index in [1.807, 2.05) is 64.1 Å². The number of aromatic amines is 1. The van der Waals surface area contributed by atoms with Gasteiger partial charge in [-0.25, -0.2) is 10.2 Å². The van der Waals surface area contributed by atoms with Crippen LogP contribution in [0.25, 0.3) is 22.0 Å². The number of H-pyrrole nitrogens is 1. The van der Waals surface area contributed by atoms with Crippen molar-refractivity contribution in [2.45, 2.75) is 117 Å². The summed E-state index contributed by atoms with van der Waals surface area (Å²) in [5.74, 6) is -0.793. The first-order valence-corrected chi connectivity index (χ1v) is 17.5. The monoisotopic (exact) mass is 688 g/mol. The Kier molecular flexibility index (Phi) is 10.5. The van der Waals surface area contributed by atoms with E-state index in [0.29, 0.717) is 25.8 Å². The highest BCUT2D eigenvalue weighted by atomic mass is 16.6. The molecular weight excluding hydrogens is 635 g/mol. The number of hydrazine groups is 1. The second kappa shape index (κ2) is 14.0. The molecule has 2 aromatic carbocycles. The molecule has 50 heavy (non-hydrogen) atoms. The van der Waals surface area contributed by atoms with Gasteiger partial charge in [-0.2, -0.15) is 0 Å². The fourth-order valence-electron chi connectivity index (χ4n) is 6.06. The molecule has 1 fully saturated rings. The summed E-state index contributed by atoms with van der Waals surface area (Å²) in [4.78, 5) is 43.9. The quantitative estimate of drug-likeness (QED) is 0.204. The molecule has 1 saturated heterocycles. The number of nitrogens with one attached hydrogen (secondary N) is 3. The summed E-state index contributed by atoms with van der Waals surface area (Å²) in [5.41, 5.74) is 5.81. The van der Waals surface area contributed by atoms with Gasteiger partial charge in [0.2, 0.25) is 0 Å². The molecule has 2 atom stereocenters. The smallest absolute Gasteiger partial charge is 0.408 e. The number of hydrogen-bond donors (Lipinski definition) is 3. The molecule has 2 aliphatic heterocycles. The van der Waals surface area contributed by atoms with Gasteiger partial charge in [0.05, 0.1) is 6.61 Å². The first-order valence-electron chi connectivity index (χ1n) is 17.5. The van der Waals surface area contributed by atoms with Gasteiger partial charge in [0, 0.05) is 48.7 Å². The van der Waals surface area contributed by atoms with Crippen molar-refractivity contribution in [3.63, 3.8) is 0 Å². The number of benzene rings is 2. The molecule has 2 aliphatic rings. The summed E-state index contributed by atoms with van der Waals surface area (Å²) in [7, 11) is 1.72. The fourth-order valence-corrected chi connectivity index (χ4v) is 6.06. The SMILES string of the molecule is CC1(C)COC(=O)[C@@H]2CCCN(N2)C(=O)[C@@H](NC(=O)OC(C)(C)C)Cc2cccc(c2)-c2ccc3[nH]c([B]OC(C)(C)C(C)(C)[OH2+])c(c3c2)C1. The van der Waals surface area contributed by atoms with Crippen molar-refractivity contribution in [2.75, 3.05) is 13.2 Å². The molecule has 6 bridgehead atoms. The van der Waals surface area contributed by atoms with Gasteiger partial charge in [-0.3, -0.25) is 14.6 Å². The van der Waals surface area contributed by atoms with Crippen LogP contribution < -0.4 is 16.3 Å². The summed E-state index contributed by atoms with van der Waals surface area (Å²) >= 11 is 0. The Morgan fingerprint density at radius 2 is 1.78 bits per heavy atom. The van der Waals surface area contributed by atoms with Crippen LogP contribution in [0.1, 0.15) is 86.3 Å². The predicted octanol–water partition coefficient (Wildman–Crippen LogP) is 4.43. The number of rotatable bonds is 5. The van der Waals surface area contributed by atoms with Gasteiger partial charge in [-0.15, -0.1) is 0 Å². The molecule has 5 rings (SSSR count). The molecule has 0 spiro atoms. The zero-order valence-electron chi connectivity index (χ0n) is 30.9. The Labute approximate surface area is 296 Å². The lowest BCUT2D eigenvalue weighted by molar-refractivity contribution is -0.155. The van der Waals surface area contributed by atoms with Gasteiger partial charge in [0.25, 0.3) is 5.91 Å². The molecule has 1 radical (unpaired) electrons. The summed E-state index contributed by atoms with van der Waals surface area (Å²) in [5, 5.41) is 13.8. The minimum absolute atomic E-state index is 0.154. The Morgan fingerprint density at radius 1 is 1.06 bits per heavy atom. The first kappa shape index (κ1) is 37.4. The van der Waals surface area contributed by atoms with Gasteiger partial charge in [-0.1, -0.05) is 44.2 Å². The maximum Gasteiger partial charge on any atom is 0.408 e. The first-order chi connectivity index (χ1) is 23.2. The van der Waals surface area contributed by atoms with Crippen LogP contribution in [0.4, 0.5) is 4.79 Å². The van der Waals surface area contributed by atoms with E-state index in [1.54, 1.807) is 28.3 Å². The minimum Gasteiger partial charge on any atom is -0.464 e. The number of carbonyl (C=O) groups excluding carboxylic acids is 3. The van der Waals surface area contributed by atoms with E-state index in [2.05, 4.69) is 35.6 Å². The van der Waals surface area contributed by atoms with Gasteiger partial charge in [-0.05, 0) is 88.3 Å². The largest absolute Gasteiger partial charge is 0.464 e. The van der Waals surface area contributed by atoms with Crippen molar-refractivity contribution in [1.82, 2.24) is 20.7 Å². The van der Waals surface area contributed by atoms with E-state index in [1.165, 1.54) is 5.01 Å². The van der Waals surface area contributed by atoms with Crippen LogP contribution in [0.2, 0.25) is 0 Å². The Morgan fingerprint density at radius 3 is 2.48 bits per heavy atom. The minimum atomic E-state index is -0.949. The average Bonchev–Trinajstić information content (AvgIpc) is 3.36. The Hall–Kier alpha value is -3.87. The van der Waals surface area contributed by atoms with Crippen molar-refractivity contribution in [1.29, 1.82) is 0 Å². The van der Waals surface area contributed by atoms with Crippen LogP contribution >= 0.6 is 0 Å². The molecule has 2 amide bonds. The van der Waals surface area contributed by atoms with Crippen LogP contribution in [0.3, 0.4) is 0 Å². The molecule has 0 aliphatic carbocycles. The van der Waals surface area contributed by atoms with E-state index in [9.17, 15) is 14.4 Å². The lowest BCUT2D eigenvalue weighted by Gasteiger charge is -2.35. The Bertz CT molecular complexity index is 1740. The number of nitrogens with zero attached hydrogens (tertiary/aromatic N) is 1. The predicted molar refractivity (Wildman–Crippen MR) is 195 cm³/mol. The highest BCUT2D eigenvalue weighted by Crippen LogP contribution is 2.32. The third kappa shape index (κ3) is 8.89. The van der Waals surface area contributed by atoms with Gasteiger partial charge >= 0.3 is 19.5 Å². The summed E-state index contributed by atoms with van der Waals surface area (Å²) in [6.07, 6.45) is 1.20. The molecule has 3 heterocycles. The maximum absolute atomic E-state index is 14.0. The molecule has 11 nitrogen and oxygen atoms in total. The highest BCUT2D eigenvalue weighted by molar-refractivity contribution is 6.47. The van der Waals surface area contributed by atoms with Crippen molar-refractivity contribution >= 4 is 41.9 Å². The van der Waals surface area contributed by atoms with E-state index >= 15 is 0 Å².